The van der Waals surface area contributed by atoms with E-state index in [0.717, 1.165) is 22.8 Å². The largest absolute Gasteiger partial charge is 0.490 e. The van der Waals surface area contributed by atoms with Gasteiger partial charge in [-0.25, -0.2) is 14.5 Å². The van der Waals surface area contributed by atoms with E-state index in [-0.39, 0.29) is 11.9 Å². The minimum absolute atomic E-state index is 0.162. The summed E-state index contributed by atoms with van der Waals surface area (Å²) in [7, 11) is 0. The van der Waals surface area contributed by atoms with Crippen LogP contribution < -0.4 is 5.32 Å². The van der Waals surface area contributed by atoms with E-state index in [1.165, 1.54) is 0 Å². The molecule has 9 nitrogen and oxygen atoms in total. The Hall–Kier alpha value is -3.70. The molecule has 2 heterocycles. The van der Waals surface area contributed by atoms with E-state index < -0.39 is 12.1 Å². The first-order valence-corrected chi connectivity index (χ1v) is 9.47. The second-order valence-corrected chi connectivity index (χ2v) is 7.15. The number of carbonyl (C=O) groups excluding carboxylic acids is 1. The molecule has 2 N–H and O–H groups in total. The number of hydrogen-bond donors (Lipinski definition) is 2. The number of nitrogens with one attached hydrogen (secondary N) is 1. The zero-order chi connectivity index (χ0) is 24.2. The Morgan fingerprint density at radius 2 is 1.62 bits per heavy atom. The molecule has 32 heavy (non-hydrogen) atoms. The molecule has 0 atom stereocenters. The molecule has 0 aliphatic rings. The van der Waals surface area contributed by atoms with Crippen LogP contribution in [0, 0.1) is 20.8 Å². The topological polar surface area (TPSA) is 115 Å². The smallest absolute Gasteiger partial charge is 0.475 e. The number of carboxylic acids is 1. The highest BCUT2D eigenvalue weighted by Gasteiger charge is 2.38. The average Bonchev–Trinajstić information content (AvgIpc) is 3.25. The van der Waals surface area contributed by atoms with Gasteiger partial charge in [0, 0.05) is 23.1 Å². The van der Waals surface area contributed by atoms with Gasteiger partial charge in [-0.2, -0.15) is 13.2 Å². The standard InChI is InChI=1S/C18H22N6O.C2HF3O2/c1-11(2)24-14(5)17(21-22-24)18(25)20-15-6-8-16(9-7-15)23-10-19-12(3)13(23)4;3-2(4,5)1(6)7/h6-11H,1-5H3,(H,20,25);(H,6,7). The van der Waals surface area contributed by atoms with E-state index in [9.17, 15) is 18.0 Å². The van der Waals surface area contributed by atoms with Crippen molar-refractivity contribution in [1.82, 2.24) is 24.5 Å². The number of aryl methyl sites for hydroxylation is 1. The monoisotopic (exact) mass is 452 g/mol. The van der Waals surface area contributed by atoms with Crippen molar-refractivity contribution in [2.45, 2.75) is 46.8 Å². The summed E-state index contributed by atoms with van der Waals surface area (Å²) in [6.45, 7) is 9.86. The maximum Gasteiger partial charge on any atom is 0.490 e. The Balaban J connectivity index is 0.000000451. The maximum atomic E-state index is 12.4. The summed E-state index contributed by atoms with van der Waals surface area (Å²) in [4.78, 5) is 25.6. The van der Waals surface area contributed by atoms with Gasteiger partial charge in [-0.15, -0.1) is 5.10 Å². The fourth-order valence-corrected chi connectivity index (χ4v) is 2.70. The zero-order valence-electron chi connectivity index (χ0n) is 18.1. The lowest BCUT2D eigenvalue weighted by Gasteiger charge is -2.09. The molecule has 0 fully saturated rings. The van der Waals surface area contributed by atoms with Crippen LogP contribution >= 0.6 is 0 Å². The highest BCUT2D eigenvalue weighted by Crippen LogP contribution is 2.18. The normalized spacial score (nSPS) is 11.2. The molecule has 0 radical (unpaired) electrons. The van der Waals surface area contributed by atoms with Gasteiger partial charge < -0.3 is 15.0 Å². The van der Waals surface area contributed by atoms with Crippen molar-refractivity contribution in [1.29, 1.82) is 0 Å². The molecule has 1 amide bonds. The van der Waals surface area contributed by atoms with Crippen molar-refractivity contribution in [3.8, 4) is 5.69 Å². The molecule has 3 rings (SSSR count). The number of nitrogens with zero attached hydrogens (tertiary/aromatic N) is 5. The van der Waals surface area contributed by atoms with E-state index in [4.69, 9.17) is 9.90 Å². The van der Waals surface area contributed by atoms with Gasteiger partial charge in [0.2, 0.25) is 0 Å². The van der Waals surface area contributed by atoms with Gasteiger partial charge in [0.1, 0.15) is 0 Å². The van der Waals surface area contributed by atoms with E-state index in [2.05, 4.69) is 20.6 Å². The van der Waals surface area contributed by atoms with E-state index in [1.807, 2.05) is 63.5 Å². The average molecular weight is 452 g/mol. The number of aliphatic carboxylic acids is 1. The lowest BCUT2D eigenvalue weighted by molar-refractivity contribution is -0.192. The van der Waals surface area contributed by atoms with E-state index in [0.29, 0.717) is 11.4 Å². The Bertz CT molecular complexity index is 1100. The third-order valence-electron chi connectivity index (χ3n) is 4.53. The Morgan fingerprint density at radius 3 is 2.03 bits per heavy atom. The molecule has 0 saturated heterocycles. The molecular formula is C20H23F3N6O3. The molecule has 1 aromatic carbocycles. The summed E-state index contributed by atoms with van der Waals surface area (Å²) in [5.41, 5.74) is 4.91. The van der Waals surface area contributed by atoms with Crippen molar-refractivity contribution in [3.63, 3.8) is 0 Å². The van der Waals surface area contributed by atoms with Gasteiger partial charge in [0.25, 0.3) is 5.91 Å². The summed E-state index contributed by atoms with van der Waals surface area (Å²) in [6, 6.07) is 7.78. The van der Waals surface area contributed by atoms with Crippen molar-refractivity contribution in [3.05, 3.63) is 53.4 Å². The molecular weight excluding hydrogens is 429 g/mol. The van der Waals surface area contributed by atoms with Gasteiger partial charge in [-0.3, -0.25) is 4.79 Å². The summed E-state index contributed by atoms with van der Waals surface area (Å²) in [5, 5.41) is 18.0. The highest BCUT2D eigenvalue weighted by atomic mass is 19.4. The van der Waals surface area contributed by atoms with Gasteiger partial charge in [0.05, 0.1) is 17.7 Å². The minimum atomic E-state index is -5.08. The van der Waals surface area contributed by atoms with Crippen molar-refractivity contribution >= 4 is 17.6 Å². The van der Waals surface area contributed by atoms with Gasteiger partial charge >= 0.3 is 12.1 Å². The van der Waals surface area contributed by atoms with Crippen LogP contribution in [0.2, 0.25) is 0 Å². The lowest BCUT2D eigenvalue weighted by atomic mass is 10.2. The third-order valence-corrected chi connectivity index (χ3v) is 4.53. The van der Waals surface area contributed by atoms with Crippen LogP contribution in [0.25, 0.3) is 5.69 Å². The van der Waals surface area contributed by atoms with Crippen LogP contribution in [0.5, 0.6) is 0 Å². The van der Waals surface area contributed by atoms with Crippen molar-refractivity contribution in [2.24, 2.45) is 0 Å². The molecule has 2 aromatic heterocycles. The number of benzene rings is 1. The number of hydrogen-bond acceptors (Lipinski definition) is 5. The summed E-state index contributed by atoms with van der Waals surface area (Å²) < 4.78 is 35.5. The molecule has 0 bridgehead atoms. The second kappa shape index (κ2) is 9.62. The van der Waals surface area contributed by atoms with Crippen molar-refractivity contribution < 1.29 is 27.9 Å². The lowest BCUT2D eigenvalue weighted by Crippen LogP contribution is -2.21. The van der Waals surface area contributed by atoms with Crippen LogP contribution in [-0.2, 0) is 4.79 Å². The van der Waals surface area contributed by atoms with E-state index >= 15 is 0 Å². The van der Waals surface area contributed by atoms with Gasteiger partial charge in [-0.05, 0) is 58.9 Å². The number of alkyl halides is 3. The van der Waals surface area contributed by atoms with Crippen LogP contribution in [0.3, 0.4) is 0 Å². The highest BCUT2D eigenvalue weighted by molar-refractivity contribution is 6.03. The number of aromatic nitrogens is 5. The van der Waals surface area contributed by atoms with Crippen molar-refractivity contribution in [2.75, 3.05) is 5.32 Å². The van der Waals surface area contributed by atoms with Crippen LogP contribution in [0.4, 0.5) is 18.9 Å². The Morgan fingerprint density at radius 1 is 1.06 bits per heavy atom. The Labute approximate surface area is 181 Å². The quantitative estimate of drug-likeness (QED) is 0.621. The number of anilines is 1. The Kier molecular flexibility index (Phi) is 7.39. The first-order chi connectivity index (χ1) is 14.8. The number of carbonyl (C=O) groups is 2. The molecule has 0 saturated carbocycles. The SMILES string of the molecule is Cc1ncn(-c2ccc(NC(=O)c3nnn(C(C)C)c3C)cc2)c1C.O=C(O)C(F)(F)F. The number of halogens is 3. The number of carboxylic acid groups (broad SMARTS) is 1. The summed E-state index contributed by atoms with van der Waals surface area (Å²) in [6.07, 6.45) is -3.29. The zero-order valence-corrected chi connectivity index (χ0v) is 18.1. The molecule has 0 unspecified atom stereocenters. The molecule has 172 valence electrons. The first-order valence-electron chi connectivity index (χ1n) is 9.47. The summed E-state index contributed by atoms with van der Waals surface area (Å²) >= 11 is 0. The predicted octanol–water partition coefficient (Wildman–Crippen LogP) is 3.86. The molecule has 12 heteroatoms. The molecule has 0 aliphatic heterocycles. The number of amides is 1. The van der Waals surface area contributed by atoms with Gasteiger partial charge in [-0.1, -0.05) is 5.21 Å². The van der Waals surface area contributed by atoms with Crippen LogP contribution in [0.1, 0.15) is 47.5 Å². The fraction of sp³-hybridized carbons (Fsp3) is 0.350. The third kappa shape index (κ3) is 5.71. The molecule has 0 aliphatic carbocycles. The summed E-state index contributed by atoms with van der Waals surface area (Å²) in [5.74, 6) is -3.01. The number of rotatable bonds is 4. The van der Waals surface area contributed by atoms with Crippen LogP contribution in [0.15, 0.2) is 30.6 Å². The minimum Gasteiger partial charge on any atom is -0.475 e. The number of imidazole rings is 1. The van der Waals surface area contributed by atoms with Crippen LogP contribution in [-0.4, -0.2) is 47.7 Å². The first kappa shape index (κ1) is 24.6. The molecule has 0 spiro atoms. The predicted molar refractivity (Wildman–Crippen MR) is 110 cm³/mol. The molecule has 3 aromatic rings. The van der Waals surface area contributed by atoms with E-state index in [1.54, 1.807) is 11.0 Å². The maximum absolute atomic E-state index is 12.4. The van der Waals surface area contributed by atoms with Gasteiger partial charge in [0.15, 0.2) is 5.69 Å². The fourth-order valence-electron chi connectivity index (χ4n) is 2.70. The second-order valence-electron chi connectivity index (χ2n) is 7.15.